The van der Waals surface area contributed by atoms with Crippen molar-refractivity contribution in [1.29, 1.82) is 0 Å². The predicted octanol–water partition coefficient (Wildman–Crippen LogP) is 3.31. The molecule has 0 spiro atoms. The Balaban J connectivity index is 2.91. The van der Waals surface area contributed by atoms with Gasteiger partial charge in [-0.25, -0.2) is 0 Å². The number of rotatable bonds is 4. The Kier molecular flexibility index (Phi) is 6.89. The Labute approximate surface area is 76.0 Å². The van der Waals surface area contributed by atoms with Gasteiger partial charge in [-0.05, 0) is 12.6 Å². The van der Waals surface area contributed by atoms with Gasteiger partial charge in [0.05, 0.1) is 0 Å². The maximum absolute atomic E-state index is 5.44. The molecule has 52 valence electrons. The van der Waals surface area contributed by atoms with Crippen molar-refractivity contribution in [2.24, 2.45) is 0 Å². The molecule has 0 aromatic heterocycles. The summed E-state index contributed by atoms with van der Waals surface area (Å²) in [7, 11) is 0. The molecule has 0 atom stereocenters. The Hall–Kier alpha value is 1.29. The molecular formula is C3H6B2Cl4. The molecule has 0 unspecified atom stereocenters. The van der Waals surface area contributed by atoms with Crippen LogP contribution in [0.2, 0.25) is 12.6 Å². The van der Waals surface area contributed by atoms with Crippen LogP contribution in [0.15, 0.2) is 0 Å². The highest BCUT2D eigenvalue weighted by atomic mass is 35.5. The molecule has 0 radical (unpaired) electrons. The average molecular weight is 206 g/mol. The van der Waals surface area contributed by atoms with E-state index in [0.29, 0.717) is 0 Å². The Bertz CT molecular complexity index is 58.8. The van der Waals surface area contributed by atoms with E-state index >= 15 is 0 Å². The predicted molar refractivity (Wildman–Crippen MR) is 49.2 cm³/mol. The first kappa shape index (κ1) is 10.3. The van der Waals surface area contributed by atoms with Crippen LogP contribution in [-0.4, -0.2) is 11.1 Å². The summed E-state index contributed by atoms with van der Waals surface area (Å²) in [5, 5.41) is 0. The van der Waals surface area contributed by atoms with Crippen LogP contribution in [0.4, 0.5) is 0 Å². The van der Waals surface area contributed by atoms with Gasteiger partial charge >= 0.3 is 11.1 Å². The van der Waals surface area contributed by atoms with Gasteiger partial charge in [-0.15, -0.1) is 0 Å². The van der Waals surface area contributed by atoms with Crippen molar-refractivity contribution in [2.45, 2.75) is 19.1 Å². The second kappa shape index (κ2) is 6.03. The van der Waals surface area contributed by atoms with E-state index in [1.165, 1.54) is 0 Å². The second-order valence-electron chi connectivity index (χ2n) is 1.71. The highest BCUT2D eigenvalue weighted by Crippen LogP contribution is 2.13. The Morgan fingerprint density at radius 3 is 1.33 bits per heavy atom. The SMILES string of the molecule is ClB(Cl)CCCB(Cl)Cl. The van der Waals surface area contributed by atoms with Crippen LogP contribution in [0.1, 0.15) is 6.42 Å². The molecule has 0 aromatic carbocycles. The maximum atomic E-state index is 5.44. The van der Waals surface area contributed by atoms with Crippen LogP contribution in [0.3, 0.4) is 0 Å². The zero-order valence-electron chi connectivity index (χ0n) is 4.79. The van der Waals surface area contributed by atoms with Gasteiger partial charge in [0.15, 0.2) is 0 Å². The van der Waals surface area contributed by atoms with Crippen LogP contribution in [-0.2, 0) is 0 Å². The van der Waals surface area contributed by atoms with Crippen molar-refractivity contribution in [2.75, 3.05) is 0 Å². The molecule has 0 bridgehead atoms. The second-order valence-corrected chi connectivity index (χ2v) is 4.27. The minimum absolute atomic E-state index is 0.280. The van der Waals surface area contributed by atoms with Gasteiger partial charge in [0.2, 0.25) is 0 Å². The smallest absolute Gasteiger partial charge is 0.172 e. The van der Waals surface area contributed by atoms with Crippen molar-refractivity contribution in [3.05, 3.63) is 0 Å². The van der Waals surface area contributed by atoms with Gasteiger partial charge in [-0.1, -0.05) is 6.42 Å². The minimum atomic E-state index is -0.280. The molecule has 0 amide bonds. The highest BCUT2D eigenvalue weighted by Gasteiger charge is 2.08. The Morgan fingerprint density at radius 2 is 1.11 bits per heavy atom. The summed E-state index contributed by atoms with van der Waals surface area (Å²) in [6, 6.07) is 0. The highest BCUT2D eigenvalue weighted by molar-refractivity contribution is 7.34. The standard InChI is InChI=1S/C3H6B2Cl4/c6-4(7)2-1-3-5(8)9/h1-3H2. The van der Waals surface area contributed by atoms with Gasteiger partial charge < -0.3 is 0 Å². The van der Waals surface area contributed by atoms with E-state index in [1.54, 1.807) is 0 Å². The number of hydrogen-bond acceptors (Lipinski definition) is 0. The lowest BCUT2D eigenvalue weighted by atomic mass is 9.89. The minimum Gasteiger partial charge on any atom is -0.172 e. The fraction of sp³-hybridized carbons (Fsp3) is 1.00. The maximum Gasteiger partial charge on any atom is 0.351 e. The molecule has 0 aromatic rings. The van der Waals surface area contributed by atoms with Crippen LogP contribution < -0.4 is 0 Å². The van der Waals surface area contributed by atoms with Gasteiger partial charge in [0.1, 0.15) is 0 Å². The first-order chi connectivity index (χ1) is 4.13. The fourth-order valence-electron chi connectivity index (χ4n) is 0.426. The van der Waals surface area contributed by atoms with Gasteiger partial charge in [-0.3, -0.25) is 0 Å². The van der Waals surface area contributed by atoms with E-state index in [-0.39, 0.29) is 11.1 Å². The van der Waals surface area contributed by atoms with Crippen LogP contribution in [0.25, 0.3) is 0 Å². The normalized spacial score (nSPS) is 9.33. The lowest BCUT2D eigenvalue weighted by Crippen LogP contribution is -1.96. The van der Waals surface area contributed by atoms with Crippen molar-refractivity contribution < 1.29 is 0 Å². The third-order valence-electron chi connectivity index (χ3n) is 0.845. The number of halogens is 4. The molecule has 0 fully saturated rings. The molecule has 0 rings (SSSR count). The molecular weight excluding hydrogens is 199 g/mol. The molecule has 0 heterocycles. The average Bonchev–Trinajstić information content (AvgIpc) is 1.63. The number of hydrogen-bond donors (Lipinski definition) is 0. The molecule has 0 saturated heterocycles. The van der Waals surface area contributed by atoms with Crippen molar-refractivity contribution >= 4 is 56.9 Å². The topological polar surface area (TPSA) is 0 Å². The third kappa shape index (κ3) is 9.29. The first-order valence-corrected chi connectivity index (χ1v) is 4.44. The van der Waals surface area contributed by atoms with E-state index in [2.05, 4.69) is 0 Å². The zero-order chi connectivity index (χ0) is 7.28. The van der Waals surface area contributed by atoms with E-state index in [9.17, 15) is 0 Å². The van der Waals surface area contributed by atoms with Crippen molar-refractivity contribution in [3.8, 4) is 0 Å². The van der Waals surface area contributed by atoms with Gasteiger partial charge in [-0.2, -0.15) is 45.8 Å². The van der Waals surface area contributed by atoms with E-state index < -0.39 is 0 Å². The lowest BCUT2D eigenvalue weighted by Gasteiger charge is -1.95. The van der Waals surface area contributed by atoms with E-state index in [4.69, 9.17) is 45.8 Å². The van der Waals surface area contributed by atoms with E-state index in [1.807, 2.05) is 0 Å². The Morgan fingerprint density at radius 1 is 0.778 bits per heavy atom. The van der Waals surface area contributed by atoms with Gasteiger partial charge in [0, 0.05) is 0 Å². The van der Waals surface area contributed by atoms with E-state index in [0.717, 1.165) is 19.1 Å². The van der Waals surface area contributed by atoms with Gasteiger partial charge in [0.25, 0.3) is 0 Å². The van der Waals surface area contributed by atoms with Crippen LogP contribution in [0, 0.1) is 0 Å². The summed E-state index contributed by atoms with van der Waals surface area (Å²) in [6.07, 6.45) is 2.41. The summed E-state index contributed by atoms with van der Waals surface area (Å²) >= 11 is 21.8. The summed E-state index contributed by atoms with van der Waals surface area (Å²) in [5.74, 6) is 0. The van der Waals surface area contributed by atoms with Crippen molar-refractivity contribution in [3.63, 3.8) is 0 Å². The molecule has 0 nitrogen and oxygen atoms in total. The van der Waals surface area contributed by atoms with Crippen LogP contribution >= 0.6 is 45.8 Å². The third-order valence-corrected chi connectivity index (χ3v) is 1.72. The molecule has 0 aliphatic heterocycles. The molecule has 0 aliphatic carbocycles. The molecule has 9 heavy (non-hydrogen) atoms. The quantitative estimate of drug-likeness (QED) is 0.618. The molecule has 0 aliphatic rings. The summed E-state index contributed by atoms with van der Waals surface area (Å²) in [6.45, 7) is 0. The molecule has 6 heteroatoms. The van der Waals surface area contributed by atoms with Crippen molar-refractivity contribution in [1.82, 2.24) is 0 Å². The fourth-order valence-corrected chi connectivity index (χ4v) is 1.04. The van der Waals surface area contributed by atoms with Crippen LogP contribution in [0.5, 0.6) is 0 Å². The summed E-state index contributed by atoms with van der Waals surface area (Å²) < 4.78 is 0. The monoisotopic (exact) mass is 204 g/mol. The molecule has 0 N–H and O–H groups in total. The lowest BCUT2D eigenvalue weighted by molar-refractivity contribution is 1.07. The molecule has 0 saturated carbocycles. The zero-order valence-corrected chi connectivity index (χ0v) is 7.81. The summed E-state index contributed by atoms with van der Waals surface area (Å²) in [5.41, 5.74) is -0.561. The first-order valence-electron chi connectivity index (χ1n) is 2.69. The largest absolute Gasteiger partial charge is 0.351 e. The summed E-state index contributed by atoms with van der Waals surface area (Å²) in [4.78, 5) is 0.